The molecule has 3 aromatic rings. The van der Waals surface area contributed by atoms with Gasteiger partial charge in [-0.15, -0.1) is 0 Å². The molecule has 61 heavy (non-hydrogen) atoms. The summed E-state index contributed by atoms with van der Waals surface area (Å²) in [5.41, 5.74) is 2.79. The number of nitrogens with one attached hydrogen (secondary N) is 1. The van der Waals surface area contributed by atoms with Gasteiger partial charge >= 0.3 is 6.09 Å². The zero-order valence-electron chi connectivity index (χ0n) is 38.5. The first-order chi connectivity index (χ1) is 29.4. The van der Waals surface area contributed by atoms with E-state index in [1.54, 1.807) is 14.2 Å². The third-order valence-electron chi connectivity index (χ3n) is 16.8. The normalized spacial score (nSPS) is 29.5. The summed E-state index contributed by atoms with van der Waals surface area (Å²) < 4.78 is 24.0. The van der Waals surface area contributed by atoms with Gasteiger partial charge in [0.1, 0.15) is 23.2 Å². The lowest BCUT2D eigenvalue weighted by Crippen LogP contribution is -2.54. The molecule has 10 atom stereocenters. The van der Waals surface area contributed by atoms with Crippen LogP contribution in [0.1, 0.15) is 141 Å². The molecule has 334 valence electrons. The highest BCUT2D eigenvalue weighted by Gasteiger charge is 2.60. The molecule has 4 aliphatic rings. The minimum absolute atomic E-state index is 0.0358. The zero-order chi connectivity index (χ0) is 43.2. The minimum Gasteiger partial charge on any atom is -0.497 e. The molecule has 1 amide bonds. The van der Waals surface area contributed by atoms with E-state index in [1.807, 2.05) is 66.7 Å². The van der Waals surface area contributed by atoms with Gasteiger partial charge in [0.15, 0.2) is 0 Å². The summed E-state index contributed by atoms with van der Waals surface area (Å²) in [6.45, 7) is 13.2. The highest BCUT2D eigenvalue weighted by atomic mass is 16.6. The monoisotopic (exact) mass is 836 g/mol. The SMILES string of the molecule is COc1ccc(C(OCCC(O)CCNC(=O)O[C@H]2CC[C@@]3(C)[C@@H](CC[C@@H]4[C@@H]3CC[C@]3(C)[C@@H]([C@H](C)CCCC(C)C)CC[C@@H]43)C2)(c2ccccc2)c2ccc(OC)cc2)cc1. The smallest absolute Gasteiger partial charge is 0.407 e. The maximum absolute atomic E-state index is 13.2. The Hall–Kier alpha value is -3.55. The van der Waals surface area contributed by atoms with Crippen LogP contribution in [0, 0.1) is 52.3 Å². The maximum Gasteiger partial charge on any atom is 0.407 e. The molecule has 4 saturated carbocycles. The van der Waals surface area contributed by atoms with Gasteiger partial charge in [-0.25, -0.2) is 4.79 Å². The van der Waals surface area contributed by atoms with Crippen molar-refractivity contribution in [3.8, 4) is 11.5 Å². The summed E-state index contributed by atoms with van der Waals surface area (Å²) in [6, 6.07) is 26.1. The van der Waals surface area contributed by atoms with Crippen LogP contribution >= 0.6 is 0 Å². The number of alkyl carbamates (subject to hydrolysis) is 1. The molecule has 0 radical (unpaired) electrons. The predicted molar refractivity (Wildman–Crippen MR) is 245 cm³/mol. The van der Waals surface area contributed by atoms with Crippen molar-refractivity contribution in [2.75, 3.05) is 27.4 Å². The summed E-state index contributed by atoms with van der Waals surface area (Å²) in [5, 5.41) is 14.1. The third-order valence-corrected chi connectivity index (χ3v) is 16.8. The van der Waals surface area contributed by atoms with Crippen LogP contribution in [0.25, 0.3) is 0 Å². The molecule has 0 aliphatic heterocycles. The van der Waals surface area contributed by atoms with Crippen LogP contribution in [0.4, 0.5) is 4.79 Å². The van der Waals surface area contributed by atoms with Crippen LogP contribution in [0.15, 0.2) is 78.9 Å². The van der Waals surface area contributed by atoms with Crippen molar-refractivity contribution in [3.05, 3.63) is 95.6 Å². The molecule has 0 saturated heterocycles. The highest BCUT2D eigenvalue weighted by molar-refractivity contribution is 5.67. The molecule has 4 aliphatic carbocycles. The second-order valence-corrected chi connectivity index (χ2v) is 20.5. The number of rotatable bonds is 18. The first-order valence-corrected chi connectivity index (χ1v) is 24.0. The average molecular weight is 836 g/mol. The van der Waals surface area contributed by atoms with Crippen LogP contribution in [-0.4, -0.2) is 50.8 Å². The number of hydrogen-bond donors (Lipinski definition) is 2. The van der Waals surface area contributed by atoms with Crippen LogP contribution in [0.2, 0.25) is 0 Å². The van der Waals surface area contributed by atoms with Gasteiger partial charge in [0, 0.05) is 6.54 Å². The summed E-state index contributed by atoms with van der Waals surface area (Å²) in [5.74, 6) is 7.25. The maximum atomic E-state index is 13.2. The Morgan fingerprint density at radius 3 is 2.00 bits per heavy atom. The second-order valence-electron chi connectivity index (χ2n) is 20.5. The van der Waals surface area contributed by atoms with E-state index >= 15 is 0 Å². The van der Waals surface area contributed by atoms with E-state index in [4.69, 9.17) is 18.9 Å². The van der Waals surface area contributed by atoms with Gasteiger partial charge < -0.3 is 29.4 Å². The lowest BCUT2D eigenvalue weighted by molar-refractivity contribution is -0.129. The van der Waals surface area contributed by atoms with E-state index < -0.39 is 11.7 Å². The van der Waals surface area contributed by atoms with Gasteiger partial charge in [0.05, 0.1) is 26.9 Å². The molecule has 1 unspecified atom stereocenters. The number of hydrogen-bond acceptors (Lipinski definition) is 6. The Bertz CT molecular complexity index is 1780. The summed E-state index contributed by atoms with van der Waals surface area (Å²) >= 11 is 0. The number of fused-ring (bicyclic) bond motifs is 5. The van der Waals surface area contributed by atoms with Gasteiger partial charge in [0.2, 0.25) is 0 Å². The van der Waals surface area contributed by atoms with Crippen molar-refractivity contribution >= 4 is 6.09 Å². The highest BCUT2D eigenvalue weighted by Crippen LogP contribution is 2.68. The van der Waals surface area contributed by atoms with E-state index in [2.05, 4.69) is 52.1 Å². The van der Waals surface area contributed by atoms with Crippen LogP contribution in [-0.2, 0) is 15.1 Å². The number of carbonyl (C=O) groups excluding carboxylic acids is 1. The lowest BCUT2D eigenvalue weighted by atomic mass is 9.44. The fourth-order valence-electron chi connectivity index (χ4n) is 13.5. The van der Waals surface area contributed by atoms with Gasteiger partial charge in [0.25, 0.3) is 0 Å². The molecule has 0 aromatic heterocycles. The molecule has 0 spiro atoms. The van der Waals surface area contributed by atoms with E-state index in [1.165, 1.54) is 57.8 Å². The molecule has 4 fully saturated rings. The molecular formula is C54H77NO6. The van der Waals surface area contributed by atoms with Crippen molar-refractivity contribution in [2.45, 2.75) is 142 Å². The number of methoxy groups -OCH3 is 2. The van der Waals surface area contributed by atoms with Gasteiger partial charge in [-0.3, -0.25) is 0 Å². The van der Waals surface area contributed by atoms with E-state index in [0.29, 0.717) is 42.7 Å². The van der Waals surface area contributed by atoms with E-state index in [9.17, 15) is 9.90 Å². The van der Waals surface area contributed by atoms with Gasteiger partial charge in [-0.05, 0) is 164 Å². The fraction of sp³-hybridized carbons (Fsp3) is 0.648. The van der Waals surface area contributed by atoms with Crippen molar-refractivity contribution in [2.24, 2.45) is 52.3 Å². The number of ether oxygens (including phenoxy) is 4. The minimum atomic E-state index is -0.945. The summed E-state index contributed by atoms with van der Waals surface area (Å²) in [7, 11) is 3.32. The van der Waals surface area contributed by atoms with Crippen molar-refractivity contribution in [1.29, 1.82) is 0 Å². The molecular weight excluding hydrogens is 759 g/mol. The Morgan fingerprint density at radius 2 is 1.36 bits per heavy atom. The van der Waals surface area contributed by atoms with E-state index in [-0.39, 0.29) is 12.2 Å². The standard InChI is InChI=1S/C54H77NO6/c1-37(2)12-11-13-38(3)48-26-27-49-47-25-20-42-36-46(28-32-52(42,4)50(47)29-33-53(48,49)5)61-51(57)55-34-30-43(56)31-35-60-54(39-14-9-8-10-15-39,40-16-21-44(58-6)22-17-40)41-18-23-45(59-7)24-19-41/h8-10,14-19,21-24,37-38,42-43,46-50,56H,11-13,20,25-36H2,1-7H3,(H,55,57)/t38-,42+,43?,46+,47+,48-,49+,50+,52+,53-/m1/s1. The average Bonchev–Trinajstić information content (AvgIpc) is 3.63. The number of amides is 1. The third kappa shape index (κ3) is 9.69. The Morgan fingerprint density at radius 1 is 0.738 bits per heavy atom. The quantitative estimate of drug-likeness (QED) is 0.124. The summed E-state index contributed by atoms with van der Waals surface area (Å²) in [6.07, 6.45) is 15.3. The predicted octanol–water partition coefficient (Wildman–Crippen LogP) is 12.4. The first kappa shape index (κ1) is 45.5. The largest absolute Gasteiger partial charge is 0.497 e. The molecule has 2 N–H and O–H groups in total. The lowest BCUT2D eigenvalue weighted by Gasteiger charge is -2.61. The van der Waals surface area contributed by atoms with Crippen LogP contribution in [0.5, 0.6) is 11.5 Å². The van der Waals surface area contributed by atoms with Crippen LogP contribution < -0.4 is 14.8 Å². The van der Waals surface area contributed by atoms with E-state index in [0.717, 1.165) is 83.0 Å². The molecule has 0 heterocycles. The molecule has 3 aromatic carbocycles. The molecule has 7 heteroatoms. The first-order valence-electron chi connectivity index (χ1n) is 24.0. The Labute approximate surface area is 368 Å². The van der Waals surface area contributed by atoms with Crippen molar-refractivity contribution in [1.82, 2.24) is 5.32 Å². The number of benzene rings is 3. The summed E-state index contributed by atoms with van der Waals surface area (Å²) in [4.78, 5) is 13.2. The Kier molecular flexibility index (Phi) is 14.8. The zero-order valence-corrected chi connectivity index (χ0v) is 38.5. The van der Waals surface area contributed by atoms with Gasteiger partial charge in [-0.1, -0.05) is 108 Å². The number of carbonyl (C=O) groups is 1. The van der Waals surface area contributed by atoms with Crippen LogP contribution in [0.3, 0.4) is 0 Å². The molecule has 7 nitrogen and oxygen atoms in total. The Balaban J connectivity index is 0.895. The number of aliphatic hydroxyl groups is 1. The fourth-order valence-corrected chi connectivity index (χ4v) is 13.5. The molecule has 7 rings (SSSR count). The second kappa shape index (κ2) is 19.9. The van der Waals surface area contributed by atoms with Gasteiger partial charge in [-0.2, -0.15) is 0 Å². The van der Waals surface area contributed by atoms with Crippen molar-refractivity contribution < 1.29 is 28.8 Å². The topological polar surface area (TPSA) is 86.2 Å². The molecule has 0 bridgehead atoms. The number of aliphatic hydroxyl groups excluding tert-OH is 1. The van der Waals surface area contributed by atoms with Crippen molar-refractivity contribution in [3.63, 3.8) is 0 Å².